The number of hydrogen-bond acceptors (Lipinski definition) is 5. The number of allylic oxidation sites excluding steroid dienone is 6. The highest BCUT2D eigenvalue weighted by Gasteiger charge is 2.39. The second-order valence-corrected chi connectivity index (χ2v) is 8.07. The zero-order valence-electron chi connectivity index (χ0n) is 18.1. The molecule has 0 saturated carbocycles. The molecule has 4 rings (SSSR count). The Morgan fingerprint density at radius 1 is 1.09 bits per heavy atom. The third kappa shape index (κ3) is 4.32. The van der Waals surface area contributed by atoms with Gasteiger partial charge in [0.2, 0.25) is 5.96 Å². The van der Waals surface area contributed by atoms with Crippen molar-refractivity contribution in [3.8, 4) is 0 Å². The lowest BCUT2D eigenvalue weighted by Crippen LogP contribution is -2.46. The molecule has 1 saturated heterocycles. The number of piperazine rings is 1. The number of hydrogen-bond donors (Lipinski definition) is 0. The highest BCUT2D eigenvalue weighted by Crippen LogP contribution is 2.38. The van der Waals surface area contributed by atoms with Gasteiger partial charge in [-0.05, 0) is 13.5 Å². The number of alkyl halides is 3. The summed E-state index contributed by atoms with van der Waals surface area (Å²) >= 11 is 0. The van der Waals surface area contributed by atoms with Gasteiger partial charge in [-0.15, -0.1) is 0 Å². The Labute approximate surface area is 185 Å². The van der Waals surface area contributed by atoms with Gasteiger partial charge in [0.25, 0.3) is 0 Å². The molecule has 3 aliphatic rings. The minimum atomic E-state index is -4.55. The van der Waals surface area contributed by atoms with E-state index in [1.165, 1.54) is 6.08 Å². The molecule has 1 aromatic carbocycles. The predicted octanol–water partition coefficient (Wildman–Crippen LogP) is 4.39. The van der Waals surface area contributed by atoms with Gasteiger partial charge in [0, 0.05) is 54.9 Å². The summed E-state index contributed by atoms with van der Waals surface area (Å²) in [5.74, 6) is 0.0427. The minimum Gasteiger partial charge on any atom is -0.338 e. The average molecular weight is 442 g/mol. The molecule has 0 radical (unpaired) electrons. The lowest BCUT2D eigenvalue weighted by atomic mass is 9.84. The first-order valence-electron chi connectivity index (χ1n) is 10.7. The number of fused-ring (bicyclic) bond motifs is 3. The van der Waals surface area contributed by atoms with Crippen LogP contribution >= 0.6 is 0 Å². The molecule has 0 aromatic heterocycles. The number of halogens is 3. The Morgan fingerprint density at radius 2 is 1.78 bits per heavy atom. The largest absolute Gasteiger partial charge is 0.413 e. The lowest BCUT2D eigenvalue weighted by Gasteiger charge is -2.32. The minimum absolute atomic E-state index is 0.0417. The van der Waals surface area contributed by atoms with E-state index in [0.29, 0.717) is 29.2 Å². The van der Waals surface area contributed by atoms with Gasteiger partial charge in [-0.3, -0.25) is 4.79 Å². The van der Waals surface area contributed by atoms with E-state index in [9.17, 15) is 18.0 Å². The molecule has 0 unspecified atom stereocenters. The normalized spacial score (nSPS) is 20.0. The van der Waals surface area contributed by atoms with E-state index in [1.807, 2.05) is 18.9 Å². The van der Waals surface area contributed by atoms with E-state index in [2.05, 4.69) is 14.9 Å². The molecule has 2 aliphatic heterocycles. The van der Waals surface area contributed by atoms with E-state index in [-0.39, 0.29) is 11.3 Å². The molecular weight excluding hydrogens is 417 g/mol. The van der Waals surface area contributed by atoms with Gasteiger partial charge in [-0.25, -0.2) is 9.98 Å². The van der Waals surface area contributed by atoms with Crippen LogP contribution in [0.1, 0.15) is 35.7 Å². The van der Waals surface area contributed by atoms with Gasteiger partial charge >= 0.3 is 6.18 Å². The van der Waals surface area contributed by atoms with Gasteiger partial charge < -0.3 is 9.80 Å². The summed E-state index contributed by atoms with van der Waals surface area (Å²) in [6.45, 7) is 4.98. The standard InChI is InChI=1S/C24H25F3N4O/c1-3-4-5-8-16(24(25,26)27)15-19-21-20(17-9-6-7-10-18(17)22(19)32)28-23(29-21)31-13-11-30(2)12-14-31/h4-10H,3,11-15H2,1-2H3/b5-4-,16-8+. The second-order valence-electron chi connectivity index (χ2n) is 8.07. The molecule has 1 fully saturated rings. The molecule has 32 heavy (non-hydrogen) atoms. The quantitative estimate of drug-likeness (QED) is 0.650. The summed E-state index contributed by atoms with van der Waals surface area (Å²) in [6.07, 6.45) is -0.397. The molecule has 1 aliphatic carbocycles. The zero-order chi connectivity index (χ0) is 22.9. The topological polar surface area (TPSA) is 48.3 Å². The van der Waals surface area contributed by atoms with Crippen molar-refractivity contribution in [2.45, 2.75) is 25.9 Å². The van der Waals surface area contributed by atoms with Crippen molar-refractivity contribution in [2.24, 2.45) is 9.98 Å². The molecule has 0 spiro atoms. The second kappa shape index (κ2) is 8.86. The molecule has 0 bridgehead atoms. The van der Waals surface area contributed by atoms with Crippen molar-refractivity contribution in [1.29, 1.82) is 0 Å². The van der Waals surface area contributed by atoms with Crippen molar-refractivity contribution in [3.63, 3.8) is 0 Å². The number of nitrogens with zero attached hydrogens (tertiary/aromatic N) is 4. The SMILES string of the molecule is CC/C=C\C=C(/CC1=C2N=C(N3CCN(C)CC3)N=C2c2ccccc2C1=O)C(F)(F)F. The Morgan fingerprint density at radius 3 is 2.44 bits per heavy atom. The van der Waals surface area contributed by atoms with Crippen molar-refractivity contribution in [2.75, 3.05) is 33.2 Å². The summed E-state index contributed by atoms with van der Waals surface area (Å²) in [5.41, 5.74) is 0.991. The van der Waals surface area contributed by atoms with Crippen molar-refractivity contribution in [3.05, 3.63) is 70.5 Å². The summed E-state index contributed by atoms with van der Waals surface area (Å²) in [6, 6.07) is 6.91. The van der Waals surface area contributed by atoms with Gasteiger partial charge in [0.05, 0.1) is 0 Å². The third-order valence-electron chi connectivity index (χ3n) is 5.82. The molecule has 1 aromatic rings. The first kappa shape index (κ1) is 22.2. The fourth-order valence-electron chi connectivity index (χ4n) is 3.96. The van der Waals surface area contributed by atoms with E-state index < -0.39 is 24.0 Å². The fraction of sp³-hybridized carbons (Fsp3) is 0.375. The number of aliphatic imine (C=N–C) groups is 2. The van der Waals surface area contributed by atoms with Crippen LogP contribution in [0.3, 0.4) is 0 Å². The van der Waals surface area contributed by atoms with Gasteiger partial charge in [0.1, 0.15) is 11.4 Å². The Balaban J connectivity index is 1.78. The van der Waals surface area contributed by atoms with Crippen LogP contribution in [0.2, 0.25) is 0 Å². The number of rotatable bonds is 4. The summed E-state index contributed by atoms with van der Waals surface area (Å²) in [7, 11) is 2.03. The number of Topliss-reactive ketones (excluding diaryl/α,β-unsaturated/α-hetero) is 1. The van der Waals surface area contributed by atoms with Crippen LogP contribution in [-0.2, 0) is 0 Å². The molecule has 0 N–H and O–H groups in total. The summed E-state index contributed by atoms with van der Waals surface area (Å²) in [4.78, 5) is 26.7. The molecule has 0 amide bonds. The maximum absolute atomic E-state index is 13.8. The van der Waals surface area contributed by atoms with Crippen LogP contribution in [0.25, 0.3) is 0 Å². The van der Waals surface area contributed by atoms with Gasteiger partial charge in [0.15, 0.2) is 5.78 Å². The van der Waals surface area contributed by atoms with E-state index >= 15 is 0 Å². The first-order chi connectivity index (χ1) is 15.3. The smallest absolute Gasteiger partial charge is 0.338 e. The predicted molar refractivity (Wildman–Crippen MR) is 119 cm³/mol. The average Bonchev–Trinajstić information content (AvgIpc) is 3.20. The van der Waals surface area contributed by atoms with Crippen LogP contribution < -0.4 is 0 Å². The fourth-order valence-corrected chi connectivity index (χ4v) is 3.96. The number of carbonyl (C=O) groups is 1. The van der Waals surface area contributed by atoms with Crippen LogP contribution in [-0.4, -0.2) is 66.7 Å². The van der Waals surface area contributed by atoms with Crippen LogP contribution in [0.5, 0.6) is 0 Å². The molecular formula is C24H25F3N4O. The third-order valence-corrected chi connectivity index (χ3v) is 5.82. The number of benzene rings is 1. The molecule has 168 valence electrons. The summed E-state index contributed by atoms with van der Waals surface area (Å²) < 4.78 is 41.3. The highest BCUT2D eigenvalue weighted by atomic mass is 19.4. The number of guanidine groups is 1. The number of likely N-dealkylation sites (N-methyl/N-ethyl adjacent to an activating group) is 1. The molecule has 8 heteroatoms. The van der Waals surface area contributed by atoms with Gasteiger partial charge in [-0.2, -0.15) is 13.2 Å². The van der Waals surface area contributed by atoms with E-state index in [0.717, 1.165) is 32.3 Å². The summed E-state index contributed by atoms with van der Waals surface area (Å²) in [5, 5.41) is 0. The van der Waals surface area contributed by atoms with E-state index in [4.69, 9.17) is 0 Å². The van der Waals surface area contributed by atoms with Crippen molar-refractivity contribution in [1.82, 2.24) is 9.80 Å². The van der Waals surface area contributed by atoms with Crippen LogP contribution in [0.15, 0.2) is 69.3 Å². The van der Waals surface area contributed by atoms with E-state index in [1.54, 1.807) is 30.3 Å². The van der Waals surface area contributed by atoms with Crippen LogP contribution in [0, 0.1) is 0 Å². The maximum atomic E-state index is 13.8. The lowest BCUT2D eigenvalue weighted by molar-refractivity contribution is -0.0930. The Bertz CT molecular complexity index is 1070. The Kier molecular flexibility index (Phi) is 6.15. The van der Waals surface area contributed by atoms with Crippen LogP contribution in [0.4, 0.5) is 13.2 Å². The van der Waals surface area contributed by atoms with Crippen molar-refractivity contribution >= 4 is 17.5 Å². The molecule has 0 atom stereocenters. The highest BCUT2D eigenvalue weighted by molar-refractivity contribution is 6.32. The Hall–Kier alpha value is -3.00. The molecule has 5 nitrogen and oxygen atoms in total. The number of ketones is 1. The monoisotopic (exact) mass is 442 g/mol. The first-order valence-corrected chi connectivity index (χ1v) is 10.7. The number of carbonyl (C=O) groups excluding carboxylic acids is 1. The zero-order valence-corrected chi connectivity index (χ0v) is 18.1. The van der Waals surface area contributed by atoms with Gasteiger partial charge in [-0.1, -0.05) is 49.4 Å². The maximum Gasteiger partial charge on any atom is 0.413 e. The molecule has 2 heterocycles. The van der Waals surface area contributed by atoms with Crippen molar-refractivity contribution < 1.29 is 18.0 Å².